The van der Waals surface area contributed by atoms with E-state index in [1.54, 1.807) is 0 Å². The monoisotopic (exact) mass is 343 g/mol. The molecule has 26 heavy (non-hydrogen) atoms. The summed E-state index contributed by atoms with van der Waals surface area (Å²) in [6.07, 6.45) is 3.50. The molecule has 0 fully saturated rings. The number of ether oxygens (including phenoxy) is 1. The van der Waals surface area contributed by atoms with Gasteiger partial charge in [-0.15, -0.1) is 0 Å². The SMILES string of the molecule is CC(C)Oc1ccc(C2=NC(c3cccc4c3CCC4)=NC2)cc1C#N. The summed E-state index contributed by atoms with van der Waals surface area (Å²) in [5.41, 5.74) is 6.36. The van der Waals surface area contributed by atoms with Gasteiger partial charge in [-0.25, -0.2) is 4.99 Å². The number of benzene rings is 2. The molecule has 0 bridgehead atoms. The fourth-order valence-electron chi connectivity index (χ4n) is 3.63. The average molecular weight is 343 g/mol. The van der Waals surface area contributed by atoms with Gasteiger partial charge in [-0.05, 0) is 68.0 Å². The molecule has 2 aliphatic rings. The Hall–Kier alpha value is -2.93. The Balaban J connectivity index is 1.64. The Morgan fingerprint density at radius 1 is 1.15 bits per heavy atom. The van der Waals surface area contributed by atoms with Crippen molar-refractivity contribution in [1.82, 2.24) is 0 Å². The molecule has 0 atom stereocenters. The maximum Gasteiger partial charge on any atom is 0.155 e. The van der Waals surface area contributed by atoms with Crippen LogP contribution < -0.4 is 4.74 Å². The van der Waals surface area contributed by atoms with E-state index in [1.807, 2.05) is 32.0 Å². The van der Waals surface area contributed by atoms with Crippen molar-refractivity contribution in [3.05, 3.63) is 64.2 Å². The molecule has 0 amide bonds. The zero-order valence-electron chi connectivity index (χ0n) is 15.1. The van der Waals surface area contributed by atoms with Crippen LogP contribution >= 0.6 is 0 Å². The number of hydrogen-bond donors (Lipinski definition) is 0. The third kappa shape index (κ3) is 3.01. The highest BCUT2D eigenvalue weighted by molar-refractivity contribution is 6.17. The summed E-state index contributed by atoms with van der Waals surface area (Å²) in [5, 5.41) is 9.44. The number of fused-ring (bicyclic) bond motifs is 1. The van der Waals surface area contributed by atoms with E-state index >= 15 is 0 Å². The lowest BCUT2D eigenvalue weighted by Crippen LogP contribution is -2.08. The smallest absolute Gasteiger partial charge is 0.155 e. The molecule has 1 aliphatic carbocycles. The lowest BCUT2D eigenvalue weighted by molar-refractivity contribution is 0.241. The molecule has 0 unspecified atom stereocenters. The highest BCUT2D eigenvalue weighted by atomic mass is 16.5. The van der Waals surface area contributed by atoms with E-state index in [0.717, 1.165) is 35.5 Å². The summed E-state index contributed by atoms with van der Waals surface area (Å²) in [6.45, 7) is 4.46. The van der Waals surface area contributed by atoms with Crippen molar-refractivity contribution in [1.29, 1.82) is 5.26 Å². The lowest BCUT2D eigenvalue weighted by atomic mass is 10.0. The van der Waals surface area contributed by atoms with E-state index in [9.17, 15) is 5.26 Å². The number of amidine groups is 1. The average Bonchev–Trinajstić information content (AvgIpc) is 3.30. The van der Waals surface area contributed by atoms with Gasteiger partial charge in [-0.2, -0.15) is 5.26 Å². The Labute approximate surface area is 153 Å². The summed E-state index contributed by atoms with van der Waals surface area (Å²) in [4.78, 5) is 9.45. The van der Waals surface area contributed by atoms with Crippen LogP contribution in [0.25, 0.3) is 0 Å². The van der Waals surface area contributed by atoms with Crippen LogP contribution in [-0.2, 0) is 12.8 Å². The molecular weight excluding hydrogens is 322 g/mol. The molecule has 2 aromatic rings. The number of nitrogens with zero attached hydrogens (tertiary/aromatic N) is 3. The minimum absolute atomic E-state index is 0.0342. The molecule has 130 valence electrons. The van der Waals surface area contributed by atoms with Crippen LogP contribution in [0.1, 0.15) is 48.1 Å². The Morgan fingerprint density at radius 3 is 2.85 bits per heavy atom. The largest absolute Gasteiger partial charge is 0.490 e. The molecule has 0 N–H and O–H groups in total. The molecule has 2 aromatic carbocycles. The number of rotatable bonds is 4. The minimum atomic E-state index is 0.0342. The van der Waals surface area contributed by atoms with Crippen molar-refractivity contribution in [2.45, 2.75) is 39.2 Å². The van der Waals surface area contributed by atoms with Crippen LogP contribution in [0.15, 0.2) is 46.4 Å². The summed E-state index contributed by atoms with van der Waals surface area (Å²) in [5.74, 6) is 1.44. The number of nitriles is 1. The third-order valence-corrected chi connectivity index (χ3v) is 4.80. The van der Waals surface area contributed by atoms with Gasteiger partial charge in [0.05, 0.1) is 23.9 Å². The maximum atomic E-state index is 9.44. The van der Waals surface area contributed by atoms with Crippen LogP contribution in [0.2, 0.25) is 0 Å². The van der Waals surface area contributed by atoms with Crippen molar-refractivity contribution in [2.24, 2.45) is 9.98 Å². The predicted molar refractivity (Wildman–Crippen MR) is 103 cm³/mol. The molecule has 4 heteroatoms. The second-order valence-electron chi connectivity index (χ2n) is 6.98. The molecule has 0 radical (unpaired) electrons. The number of aryl methyl sites for hydroxylation is 1. The van der Waals surface area contributed by atoms with Gasteiger partial charge in [0.25, 0.3) is 0 Å². The molecule has 0 aromatic heterocycles. The highest BCUT2D eigenvalue weighted by Crippen LogP contribution is 2.28. The van der Waals surface area contributed by atoms with Crippen LogP contribution in [0.3, 0.4) is 0 Å². The second kappa shape index (κ2) is 6.76. The van der Waals surface area contributed by atoms with Crippen molar-refractivity contribution >= 4 is 11.5 Å². The lowest BCUT2D eigenvalue weighted by Gasteiger charge is -2.12. The van der Waals surface area contributed by atoms with E-state index in [-0.39, 0.29) is 6.10 Å². The first kappa shape index (κ1) is 16.5. The van der Waals surface area contributed by atoms with E-state index in [2.05, 4.69) is 29.3 Å². The molecule has 0 saturated heterocycles. The highest BCUT2D eigenvalue weighted by Gasteiger charge is 2.21. The number of hydrogen-bond acceptors (Lipinski definition) is 4. The Kier molecular flexibility index (Phi) is 4.30. The van der Waals surface area contributed by atoms with E-state index in [4.69, 9.17) is 9.73 Å². The number of aliphatic imine (C=N–C) groups is 2. The maximum absolute atomic E-state index is 9.44. The van der Waals surface area contributed by atoms with Gasteiger partial charge in [-0.3, -0.25) is 4.99 Å². The molecule has 0 saturated carbocycles. The first-order valence-corrected chi connectivity index (χ1v) is 9.10. The van der Waals surface area contributed by atoms with Crippen LogP contribution in [0.4, 0.5) is 0 Å². The van der Waals surface area contributed by atoms with Crippen molar-refractivity contribution in [2.75, 3.05) is 6.54 Å². The van der Waals surface area contributed by atoms with Gasteiger partial charge in [0.2, 0.25) is 0 Å². The van der Waals surface area contributed by atoms with Crippen molar-refractivity contribution in [3.63, 3.8) is 0 Å². The molecule has 4 rings (SSSR count). The van der Waals surface area contributed by atoms with Crippen LogP contribution in [-0.4, -0.2) is 24.2 Å². The summed E-state index contributed by atoms with van der Waals surface area (Å²) < 4.78 is 5.70. The van der Waals surface area contributed by atoms with Gasteiger partial charge in [0.15, 0.2) is 5.84 Å². The molecular formula is C22H21N3O. The molecule has 4 nitrogen and oxygen atoms in total. The summed E-state index contributed by atoms with van der Waals surface area (Å²) in [6, 6.07) is 14.3. The molecule has 1 aliphatic heterocycles. The topological polar surface area (TPSA) is 57.7 Å². The van der Waals surface area contributed by atoms with E-state index < -0.39 is 0 Å². The van der Waals surface area contributed by atoms with Gasteiger partial charge < -0.3 is 4.74 Å². The molecule has 0 spiro atoms. The third-order valence-electron chi connectivity index (χ3n) is 4.80. The van der Waals surface area contributed by atoms with Gasteiger partial charge in [0.1, 0.15) is 11.8 Å². The van der Waals surface area contributed by atoms with Gasteiger partial charge in [0, 0.05) is 5.56 Å². The van der Waals surface area contributed by atoms with E-state index in [1.165, 1.54) is 17.5 Å². The molecule has 1 heterocycles. The van der Waals surface area contributed by atoms with Crippen LogP contribution in [0, 0.1) is 11.3 Å². The minimum Gasteiger partial charge on any atom is -0.490 e. The zero-order valence-corrected chi connectivity index (χ0v) is 15.1. The normalized spacial score (nSPS) is 15.5. The first-order chi connectivity index (χ1) is 12.7. The van der Waals surface area contributed by atoms with Gasteiger partial charge >= 0.3 is 0 Å². The Morgan fingerprint density at radius 2 is 2.04 bits per heavy atom. The fourth-order valence-corrected chi connectivity index (χ4v) is 3.63. The summed E-state index contributed by atoms with van der Waals surface area (Å²) >= 11 is 0. The zero-order chi connectivity index (χ0) is 18.1. The van der Waals surface area contributed by atoms with E-state index in [0.29, 0.717) is 17.9 Å². The van der Waals surface area contributed by atoms with Crippen LogP contribution in [0.5, 0.6) is 5.75 Å². The van der Waals surface area contributed by atoms with Gasteiger partial charge in [-0.1, -0.05) is 18.2 Å². The van der Waals surface area contributed by atoms with Crippen molar-refractivity contribution in [3.8, 4) is 11.8 Å². The summed E-state index contributed by atoms with van der Waals surface area (Å²) in [7, 11) is 0. The Bertz CT molecular complexity index is 964. The van der Waals surface area contributed by atoms with Crippen molar-refractivity contribution < 1.29 is 4.74 Å². The standard InChI is InChI=1S/C22H21N3O/c1-14(2)26-21-10-9-16(11-17(21)12-23)20-13-24-22(25-20)19-8-4-6-15-5-3-7-18(15)19/h4,6,8-11,14H,3,5,7,13H2,1-2H3. The second-order valence-corrected chi connectivity index (χ2v) is 6.98. The first-order valence-electron chi connectivity index (χ1n) is 9.10. The fraction of sp³-hybridized carbons (Fsp3) is 0.318. The predicted octanol–water partition coefficient (Wildman–Crippen LogP) is 4.08. The quantitative estimate of drug-likeness (QED) is 0.840.